The molecular formula is C17H24ClN3O3. The van der Waals surface area contributed by atoms with Gasteiger partial charge in [0.15, 0.2) is 5.75 Å². The topological polar surface area (TPSA) is 83.4 Å². The van der Waals surface area contributed by atoms with Crippen molar-refractivity contribution >= 4 is 23.2 Å². The number of methoxy groups -OCH3 is 1. The van der Waals surface area contributed by atoms with Crippen molar-refractivity contribution in [3.05, 3.63) is 23.2 Å². The maximum Gasteiger partial charge on any atom is 0.240 e. The molecule has 0 aliphatic heterocycles. The zero-order valence-electron chi connectivity index (χ0n) is 14.5. The van der Waals surface area contributed by atoms with Crippen molar-refractivity contribution in [2.24, 2.45) is 5.92 Å². The van der Waals surface area contributed by atoms with Gasteiger partial charge in [0.2, 0.25) is 5.91 Å². The molecule has 0 saturated carbocycles. The van der Waals surface area contributed by atoms with Gasteiger partial charge in [0.1, 0.15) is 12.1 Å². The molecule has 0 spiro atoms. The Morgan fingerprint density at radius 2 is 2.12 bits per heavy atom. The van der Waals surface area contributed by atoms with E-state index in [1.165, 1.54) is 0 Å². The van der Waals surface area contributed by atoms with Crippen LogP contribution in [0.3, 0.4) is 0 Å². The molecule has 1 aromatic rings. The summed E-state index contributed by atoms with van der Waals surface area (Å²) in [5, 5.41) is 15.4. The molecule has 2 N–H and O–H groups in total. The van der Waals surface area contributed by atoms with Gasteiger partial charge in [0.25, 0.3) is 0 Å². The minimum Gasteiger partial charge on any atom is -0.487 e. The zero-order valence-corrected chi connectivity index (χ0v) is 15.2. The fourth-order valence-electron chi connectivity index (χ4n) is 1.83. The number of nitrogens with one attached hydrogen (secondary N) is 2. The number of nitriles is 1. The Morgan fingerprint density at radius 3 is 2.71 bits per heavy atom. The first-order chi connectivity index (χ1) is 11.3. The fourth-order valence-corrected chi connectivity index (χ4v) is 2.06. The van der Waals surface area contributed by atoms with Gasteiger partial charge in [0.05, 0.1) is 29.9 Å². The average Bonchev–Trinajstić information content (AvgIpc) is 2.54. The summed E-state index contributed by atoms with van der Waals surface area (Å²) in [7, 11) is 1.58. The van der Waals surface area contributed by atoms with Gasteiger partial charge in [-0.25, -0.2) is 0 Å². The molecule has 0 unspecified atom stereocenters. The molecule has 24 heavy (non-hydrogen) atoms. The summed E-state index contributed by atoms with van der Waals surface area (Å²) in [6.07, 6.45) is 0. The molecule has 1 rings (SSSR count). The van der Waals surface area contributed by atoms with Gasteiger partial charge in [-0.15, -0.1) is 0 Å². The average molecular weight is 354 g/mol. The van der Waals surface area contributed by atoms with Crippen LogP contribution >= 0.6 is 11.6 Å². The number of amides is 1. The van der Waals surface area contributed by atoms with Crippen molar-refractivity contribution in [3.63, 3.8) is 0 Å². The quantitative estimate of drug-likeness (QED) is 0.667. The molecule has 0 aliphatic rings. The van der Waals surface area contributed by atoms with Crippen LogP contribution in [0, 0.1) is 17.2 Å². The van der Waals surface area contributed by atoms with E-state index in [4.69, 9.17) is 21.1 Å². The number of hydrogen-bond acceptors (Lipinski definition) is 5. The van der Waals surface area contributed by atoms with Crippen LogP contribution in [0.1, 0.15) is 20.8 Å². The molecule has 1 aromatic carbocycles. The van der Waals surface area contributed by atoms with E-state index < -0.39 is 5.54 Å². The van der Waals surface area contributed by atoms with Crippen LogP contribution < -0.4 is 15.4 Å². The van der Waals surface area contributed by atoms with Gasteiger partial charge in [-0.05, 0) is 25.0 Å². The second-order valence-electron chi connectivity index (χ2n) is 5.83. The lowest BCUT2D eigenvalue weighted by atomic mass is 9.90. The highest BCUT2D eigenvalue weighted by molar-refractivity contribution is 6.32. The van der Waals surface area contributed by atoms with Crippen LogP contribution in [0.2, 0.25) is 5.02 Å². The number of benzene rings is 1. The molecule has 0 heterocycles. The van der Waals surface area contributed by atoms with Gasteiger partial charge in [-0.2, -0.15) is 5.26 Å². The van der Waals surface area contributed by atoms with Crippen LogP contribution in [0.15, 0.2) is 18.2 Å². The number of nitrogens with zero attached hydrogens (tertiary/aromatic N) is 1. The number of carbonyl (C=O) groups is 1. The first kappa shape index (κ1) is 20.1. The number of halogens is 1. The second-order valence-corrected chi connectivity index (χ2v) is 6.24. The normalized spacial score (nSPS) is 13.0. The first-order valence-electron chi connectivity index (χ1n) is 7.70. The third-order valence-corrected chi connectivity index (χ3v) is 4.02. The lowest BCUT2D eigenvalue weighted by Crippen LogP contribution is -2.50. The molecule has 0 fully saturated rings. The number of ether oxygens (including phenoxy) is 2. The molecule has 7 heteroatoms. The third kappa shape index (κ3) is 5.59. The van der Waals surface area contributed by atoms with Gasteiger partial charge in [0, 0.05) is 7.11 Å². The predicted molar refractivity (Wildman–Crippen MR) is 94.3 cm³/mol. The van der Waals surface area contributed by atoms with E-state index in [1.54, 1.807) is 32.2 Å². The van der Waals surface area contributed by atoms with Crippen molar-refractivity contribution in [2.75, 3.05) is 32.2 Å². The van der Waals surface area contributed by atoms with Crippen LogP contribution in [0.25, 0.3) is 0 Å². The van der Waals surface area contributed by atoms with Crippen molar-refractivity contribution in [2.45, 2.75) is 26.3 Å². The molecular weight excluding hydrogens is 330 g/mol. The Balaban J connectivity index is 2.72. The number of carbonyl (C=O) groups excluding carboxylic acids is 1. The van der Waals surface area contributed by atoms with E-state index in [2.05, 4.69) is 16.7 Å². The molecule has 6 nitrogen and oxygen atoms in total. The second kappa shape index (κ2) is 9.36. The standard InChI is InChI=1S/C17H24ClN3O3/c1-12(2)17(3,11-19)21-15(22)10-20-14-7-5-6-13(18)16(14)24-9-8-23-4/h5-7,12,20H,8-10H2,1-4H3,(H,21,22)/t17-/m1/s1. The minimum absolute atomic E-state index is 0.00493. The van der Waals surface area contributed by atoms with Gasteiger partial charge in [-0.1, -0.05) is 31.5 Å². The summed E-state index contributed by atoms with van der Waals surface area (Å²) in [5.41, 5.74) is -0.304. The van der Waals surface area contributed by atoms with Gasteiger partial charge < -0.3 is 20.1 Å². The van der Waals surface area contributed by atoms with E-state index >= 15 is 0 Å². The molecule has 0 aliphatic carbocycles. The fraction of sp³-hybridized carbons (Fsp3) is 0.529. The molecule has 0 radical (unpaired) electrons. The van der Waals surface area contributed by atoms with Crippen molar-refractivity contribution in [1.29, 1.82) is 5.26 Å². The Bertz CT molecular complexity index is 601. The number of rotatable bonds is 9. The first-order valence-corrected chi connectivity index (χ1v) is 8.08. The highest BCUT2D eigenvalue weighted by Gasteiger charge is 2.29. The lowest BCUT2D eigenvalue weighted by molar-refractivity contribution is -0.121. The Morgan fingerprint density at radius 1 is 1.42 bits per heavy atom. The van der Waals surface area contributed by atoms with Crippen molar-refractivity contribution < 1.29 is 14.3 Å². The summed E-state index contributed by atoms with van der Waals surface area (Å²) in [6, 6.07) is 7.39. The SMILES string of the molecule is COCCOc1c(Cl)cccc1NCC(=O)N[C@](C)(C#N)C(C)C. The number of para-hydroxylation sites is 1. The summed E-state index contributed by atoms with van der Waals surface area (Å²) < 4.78 is 10.5. The maximum atomic E-state index is 12.1. The van der Waals surface area contributed by atoms with Crippen LogP contribution in [-0.2, 0) is 9.53 Å². The molecule has 0 saturated heterocycles. The Hall–Kier alpha value is -1.97. The largest absolute Gasteiger partial charge is 0.487 e. The Kier molecular flexibility index (Phi) is 7.83. The third-order valence-electron chi connectivity index (χ3n) is 3.73. The van der Waals surface area contributed by atoms with E-state index in [9.17, 15) is 10.1 Å². The monoisotopic (exact) mass is 353 g/mol. The number of anilines is 1. The lowest BCUT2D eigenvalue weighted by Gasteiger charge is -2.27. The molecule has 1 atom stereocenters. The van der Waals surface area contributed by atoms with E-state index in [1.807, 2.05) is 13.8 Å². The van der Waals surface area contributed by atoms with E-state index in [0.29, 0.717) is 29.7 Å². The molecule has 0 aromatic heterocycles. The van der Waals surface area contributed by atoms with Crippen molar-refractivity contribution in [3.8, 4) is 11.8 Å². The predicted octanol–water partition coefficient (Wildman–Crippen LogP) is 2.83. The minimum atomic E-state index is -0.912. The molecule has 132 valence electrons. The highest BCUT2D eigenvalue weighted by Crippen LogP contribution is 2.32. The Labute approximate surface area is 148 Å². The zero-order chi connectivity index (χ0) is 18.2. The summed E-state index contributed by atoms with van der Waals surface area (Å²) >= 11 is 6.14. The van der Waals surface area contributed by atoms with E-state index in [0.717, 1.165) is 0 Å². The van der Waals surface area contributed by atoms with Crippen LogP contribution in [0.5, 0.6) is 5.75 Å². The summed E-state index contributed by atoms with van der Waals surface area (Å²) in [6.45, 7) is 6.26. The maximum absolute atomic E-state index is 12.1. The highest BCUT2D eigenvalue weighted by atomic mass is 35.5. The summed E-state index contributed by atoms with van der Waals surface area (Å²) in [5.74, 6) is 0.178. The van der Waals surface area contributed by atoms with Crippen molar-refractivity contribution in [1.82, 2.24) is 5.32 Å². The van der Waals surface area contributed by atoms with Crippen LogP contribution in [0.4, 0.5) is 5.69 Å². The van der Waals surface area contributed by atoms with Gasteiger partial charge in [-0.3, -0.25) is 4.79 Å². The smallest absolute Gasteiger partial charge is 0.240 e. The summed E-state index contributed by atoms with van der Waals surface area (Å²) in [4.78, 5) is 12.1. The molecule has 1 amide bonds. The number of hydrogen-bond donors (Lipinski definition) is 2. The van der Waals surface area contributed by atoms with Crippen LogP contribution in [-0.4, -0.2) is 38.3 Å². The van der Waals surface area contributed by atoms with Gasteiger partial charge >= 0.3 is 0 Å². The molecule has 0 bridgehead atoms. The van der Waals surface area contributed by atoms with E-state index in [-0.39, 0.29) is 18.4 Å².